The summed E-state index contributed by atoms with van der Waals surface area (Å²) in [4.78, 5) is 12.9. The Balaban J connectivity index is 1.79. The fourth-order valence-electron chi connectivity index (χ4n) is 2.98. The summed E-state index contributed by atoms with van der Waals surface area (Å²) in [6.07, 6.45) is 0.310. The number of hydrogen-bond acceptors (Lipinski definition) is 4. The number of ketones is 1. The first-order valence-corrected chi connectivity index (χ1v) is 9.17. The molecule has 0 aromatic heterocycles. The first kappa shape index (κ1) is 15.9. The van der Waals surface area contributed by atoms with E-state index in [0.717, 1.165) is 5.56 Å². The Labute approximate surface area is 136 Å². The second kappa shape index (κ2) is 6.26. The molecule has 1 aliphatic rings. The van der Waals surface area contributed by atoms with Gasteiger partial charge >= 0.3 is 0 Å². The van der Waals surface area contributed by atoms with Gasteiger partial charge in [0, 0.05) is 18.0 Å². The van der Waals surface area contributed by atoms with Crippen LogP contribution < -0.4 is 5.32 Å². The van der Waals surface area contributed by atoms with Crippen molar-refractivity contribution in [3.8, 4) is 0 Å². The molecule has 2 atom stereocenters. The molecule has 1 saturated heterocycles. The Morgan fingerprint density at radius 3 is 2.39 bits per heavy atom. The van der Waals surface area contributed by atoms with Crippen LogP contribution in [0.25, 0.3) is 0 Å². The molecule has 3 rings (SSSR count). The maximum Gasteiger partial charge on any atom is 0.194 e. The lowest BCUT2D eigenvalue weighted by Gasteiger charge is -2.12. The lowest BCUT2D eigenvalue weighted by Crippen LogP contribution is -2.30. The van der Waals surface area contributed by atoms with E-state index in [1.807, 2.05) is 25.1 Å². The minimum atomic E-state index is -3.46. The molecule has 120 valence electrons. The molecule has 0 amide bonds. The standard InChI is InChI=1S/C18H19NO3S/c1-13-7-5-6-10-16(13)18(20)14-11-17(19-12-14)23(21,22)15-8-3-2-4-9-15/h2-10,14,17,19H,11-12H2,1H3. The fraction of sp³-hybridized carbons (Fsp3) is 0.278. The summed E-state index contributed by atoms with van der Waals surface area (Å²) in [5, 5.41) is 2.30. The van der Waals surface area contributed by atoms with Crippen LogP contribution in [-0.2, 0) is 9.84 Å². The third kappa shape index (κ3) is 3.07. The molecule has 2 aromatic rings. The van der Waals surface area contributed by atoms with Gasteiger partial charge in [-0.3, -0.25) is 4.79 Å². The van der Waals surface area contributed by atoms with E-state index in [-0.39, 0.29) is 11.7 Å². The van der Waals surface area contributed by atoms with Gasteiger partial charge in [0.25, 0.3) is 0 Å². The zero-order chi connectivity index (χ0) is 16.4. The van der Waals surface area contributed by atoms with Crippen LogP contribution in [0.5, 0.6) is 0 Å². The zero-order valence-corrected chi connectivity index (χ0v) is 13.7. The van der Waals surface area contributed by atoms with Crippen molar-refractivity contribution in [3.63, 3.8) is 0 Å². The summed E-state index contributed by atoms with van der Waals surface area (Å²) in [6, 6.07) is 15.8. The van der Waals surface area contributed by atoms with E-state index in [9.17, 15) is 13.2 Å². The van der Waals surface area contributed by atoms with E-state index in [4.69, 9.17) is 0 Å². The van der Waals surface area contributed by atoms with E-state index in [2.05, 4.69) is 5.32 Å². The van der Waals surface area contributed by atoms with Crippen LogP contribution >= 0.6 is 0 Å². The topological polar surface area (TPSA) is 63.2 Å². The fourth-order valence-corrected chi connectivity index (χ4v) is 4.64. The molecule has 1 heterocycles. The van der Waals surface area contributed by atoms with Crippen LogP contribution in [0.1, 0.15) is 22.3 Å². The minimum Gasteiger partial charge on any atom is -0.300 e. The van der Waals surface area contributed by atoms with Crippen LogP contribution in [-0.4, -0.2) is 26.1 Å². The summed E-state index contributed by atoms with van der Waals surface area (Å²) >= 11 is 0. The first-order chi connectivity index (χ1) is 11.0. The molecule has 0 radical (unpaired) electrons. The monoisotopic (exact) mass is 329 g/mol. The molecular weight excluding hydrogens is 310 g/mol. The highest BCUT2D eigenvalue weighted by molar-refractivity contribution is 7.92. The normalized spacial score (nSPS) is 21.3. The number of carbonyl (C=O) groups is 1. The van der Waals surface area contributed by atoms with Gasteiger partial charge in [-0.25, -0.2) is 8.42 Å². The molecule has 0 aliphatic carbocycles. The molecule has 0 spiro atoms. The molecule has 0 saturated carbocycles. The maximum atomic E-state index is 12.6. The summed E-state index contributed by atoms with van der Waals surface area (Å²) in [7, 11) is -3.46. The molecule has 5 heteroatoms. The van der Waals surface area contributed by atoms with Gasteiger partial charge in [-0.2, -0.15) is 0 Å². The Morgan fingerprint density at radius 2 is 1.70 bits per heavy atom. The van der Waals surface area contributed by atoms with Crippen molar-refractivity contribution in [2.45, 2.75) is 23.6 Å². The highest BCUT2D eigenvalue weighted by atomic mass is 32.2. The van der Waals surface area contributed by atoms with Gasteiger partial charge in [-0.1, -0.05) is 42.5 Å². The quantitative estimate of drug-likeness (QED) is 0.876. The Kier molecular flexibility index (Phi) is 4.33. The number of carbonyl (C=O) groups excluding carboxylic acids is 1. The predicted octanol–water partition coefficient (Wildman–Crippen LogP) is 2.59. The van der Waals surface area contributed by atoms with Gasteiger partial charge in [-0.15, -0.1) is 0 Å². The van der Waals surface area contributed by atoms with Crippen LogP contribution in [0.3, 0.4) is 0 Å². The van der Waals surface area contributed by atoms with E-state index in [1.54, 1.807) is 36.4 Å². The third-order valence-corrected chi connectivity index (χ3v) is 6.36. The molecule has 0 bridgehead atoms. The number of Topliss-reactive ketones (excluding diaryl/α,β-unsaturated/α-hetero) is 1. The number of benzene rings is 2. The summed E-state index contributed by atoms with van der Waals surface area (Å²) < 4.78 is 25.3. The highest BCUT2D eigenvalue weighted by Gasteiger charge is 2.38. The highest BCUT2D eigenvalue weighted by Crippen LogP contribution is 2.27. The third-order valence-electron chi connectivity index (χ3n) is 4.32. The lowest BCUT2D eigenvalue weighted by molar-refractivity contribution is 0.0929. The number of sulfone groups is 1. The van der Waals surface area contributed by atoms with Gasteiger partial charge in [0.1, 0.15) is 5.37 Å². The van der Waals surface area contributed by atoms with Crippen LogP contribution in [0, 0.1) is 12.8 Å². The molecule has 2 aromatic carbocycles. The lowest BCUT2D eigenvalue weighted by atomic mass is 9.94. The number of rotatable bonds is 4. The summed E-state index contributed by atoms with van der Waals surface area (Å²) in [6.45, 7) is 2.29. The van der Waals surface area contributed by atoms with Crippen LogP contribution in [0.4, 0.5) is 0 Å². The molecule has 1 fully saturated rings. The molecule has 1 aliphatic heterocycles. The Morgan fingerprint density at radius 1 is 1.04 bits per heavy atom. The van der Waals surface area contributed by atoms with Crippen molar-refractivity contribution >= 4 is 15.6 Å². The molecule has 4 nitrogen and oxygen atoms in total. The summed E-state index contributed by atoms with van der Waals surface area (Å²) in [5.41, 5.74) is 1.60. The average Bonchev–Trinajstić information content (AvgIpc) is 3.06. The van der Waals surface area contributed by atoms with E-state index < -0.39 is 15.2 Å². The Hall–Kier alpha value is -1.98. The predicted molar refractivity (Wildman–Crippen MR) is 89.0 cm³/mol. The van der Waals surface area contributed by atoms with Crippen molar-refractivity contribution in [2.75, 3.05) is 6.54 Å². The van der Waals surface area contributed by atoms with Crippen LogP contribution in [0.2, 0.25) is 0 Å². The maximum absolute atomic E-state index is 12.6. The van der Waals surface area contributed by atoms with Crippen molar-refractivity contribution < 1.29 is 13.2 Å². The molecule has 23 heavy (non-hydrogen) atoms. The molecular formula is C18H19NO3S. The molecule has 2 unspecified atom stereocenters. The molecule has 1 N–H and O–H groups in total. The smallest absolute Gasteiger partial charge is 0.194 e. The van der Waals surface area contributed by atoms with Gasteiger partial charge in [0.05, 0.1) is 4.90 Å². The van der Waals surface area contributed by atoms with Gasteiger partial charge in [-0.05, 0) is 31.0 Å². The van der Waals surface area contributed by atoms with Gasteiger partial charge in [0.2, 0.25) is 0 Å². The first-order valence-electron chi connectivity index (χ1n) is 7.62. The Bertz CT molecular complexity index is 815. The van der Waals surface area contributed by atoms with E-state index in [0.29, 0.717) is 23.4 Å². The van der Waals surface area contributed by atoms with E-state index >= 15 is 0 Å². The number of aryl methyl sites for hydroxylation is 1. The average molecular weight is 329 g/mol. The van der Waals surface area contributed by atoms with Crippen molar-refractivity contribution in [3.05, 3.63) is 65.7 Å². The zero-order valence-electron chi connectivity index (χ0n) is 12.9. The summed E-state index contributed by atoms with van der Waals surface area (Å²) in [5.74, 6) is -0.291. The number of nitrogens with one attached hydrogen (secondary N) is 1. The SMILES string of the molecule is Cc1ccccc1C(=O)C1CNC(S(=O)(=O)c2ccccc2)C1. The van der Waals surface area contributed by atoms with Gasteiger partial charge in [0.15, 0.2) is 15.6 Å². The van der Waals surface area contributed by atoms with Crippen LogP contribution in [0.15, 0.2) is 59.5 Å². The minimum absolute atomic E-state index is 0.0151. The van der Waals surface area contributed by atoms with Gasteiger partial charge < -0.3 is 5.32 Å². The second-order valence-electron chi connectivity index (χ2n) is 5.87. The largest absolute Gasteiger partial charge is 0.300 e. The second-order valence-corrected chi connectivity index (χ2v) is 8.00. The van der Waals surface area contributed by atoms with Crippen molar-refractivity contribution in [1.82, 2.24) is 5.32 Å². The van der Waals surface area contributed by atoms with Crippen molar-refractivity contribution in [2.24, 2.45) is 5.92 Å². The van der Waals surface area contributed by atoms with E-state index in [1.165, 1.54) is 0 Å². The van der Waals surface area contributed by atoms with Crippen molar-refractivity contribution in [1.29, 1.82) is 0 Å². The number of hydrogen-bond donors (Lipinski definition) is 1.